The van der Waals surface area contributed by atoms with Crippen LogP contribution in [-0.2, 0) is 4.79 Å². The van der Waals surface area contributed by atoms with E-state index in [0.717, 1.165) is 15.8 Å². The van der Waals surface area contributed by atoms with Crippen LogP contribution in [0.2, 0.25) is 0 Å². The minimum Gasteiger partial charge on any atom is -0.493 e. The van der Waals surface area contributed by atoms with E-state index in [1.807, 2.05) is 31.2 Å². The third kappa shape index (κ3) is 5.50. The highest BCUT2D eigenvalue weighted by atomic mass is 32.2. The molecule has 1 aromatic heterocycles. The molecule has 2 rings (SSSR count). The molecule has 1 amide bonds. The van der Waals surface area contributed by atoms with Crippen molar-refractivity contribution < 1.29 is 9.53 Å². The number of hydrogen-bond donors (Lipinski definition) is 1. The number of thioether (sulfide) groups is 1. The number of rotatable bonds is 8. The molecule has 1 N–H and O–H groups in total. The number of carbonyl (C=O) groups excluding carboxylic acids is 1. The van der Waals surface area contributed by atoms with Crippen LogP contribution in [0.15, 0.2) is 41.3 Å². The lowest BCUT2D eigenvalue weighted by Gasteiger charge is -2.05. The van der Waals surface area contributed by atoms with Crippen molar-refractivity contribution in [3.8, 4) is 5.75 Å². The van der Waals surface area contributed by atoms with Crippen molar-refractivity contribution in [2.45, 2.75) is 17.7 Å². The summed E-state index contributed by atoms with van der Waals surface area (Å²) in [7, 11) is 0. The monoisotopic (exact) mass is 335 g/mol. The standard InChI is InChI=1S/C15H17N3O2S2/c1-3-10-21-15-18-17-14(22-15)16-13(19)8-9-20-12-6-4-11(2)5-7-12/h3-7H,1,8-10H2,2H3,(H,16,17,19). The number of ether oxygens (including phenoxy) is 1. The Bertz CT molecular complexity index is 626. The van der Waals surface area contributed by atoms with Gasteiger partial charge in [-0.25, -0.2) is 0 Å². The molecule has 0 radical (unpaired) electrons. The summed E-state index contributed by atoms with van der Waals surface area (Å²) < 4.78 is 6.33. The number of hydrogen-bond acceptors (Lipinski definition) is 6. The SMILES string of the molecule is C=CCSc1nnc(NC(=O)CCOc2ccc(C)cc2)s1. The van der Waals surface area contributed by atoms with Crippen LogP contribution < -0.4 is 10.1 Å². The summed E-state index contributed by atoms with van der Waals surface area (Å²) in [5, 5.41) is 11.1. The van der Waals surface area contributed by atoms with Gasteiger partial charge in [-0.15, -0.1) is 16.8 Å². The van der Waals surface area contributed by atoms with Gasteiger partial charge in [0.2, 0.25) is 11.0 Å². The predicted octanol–water partition coefficient (Wildman–Crippen LogP) is 3.53. The van der Waals surface area contributed by atoms with E-state index in [2.05, 4.69) is 22.1 Å². The summed E-state index contributed by atoms with van der Waals surface area (Å²) in [5.74, 6) is 1.40. The summed E-state index contributed by atoms with van der Waals surface area (Å²) in [4.78, 5) is 11.8. The molecule has 2 aromatic rings. The number of nitrogens with zero attached hydrogens (tertiary/aromatic N) is 2. The second-order valence-electron chi connectivity index (χ2n) is 4.43. The Labute approximate surface area is 137 Å². The Hall–Kier alpha value is -1.86. The van der Waals surface area contributed by atoms with E-state index in [9.17, 15) is 4.79 Å². The maximum atomic E-state index is 11.8. The predicted molar refractivity (Wildman–Crippen MR) is 90.8 cm³/mol. The first-order valence-corrected chi connectivity index (χ1v) is 8.54. The molecule has 0 saturated carbocycles. The van der Waals surface area contributed by atoms with Gasteiger partial charge in [0.05, 0.1) is 13.0 Å². The second kappa shape index (κ2) is 8.55. The highest BCUT2D eigenvalue weighted by Gasteiger charge is 2.08. The Morgan fingerprint density at radius 2 is 2.18 bits per heavy atom. The molecule has 0 spiro atoms. The molecule has 22 heavy (non-hydrogen) atoms. The van der Waals surface area contributed by atoms with E-state index in [4.69, 9.17) is 4.74 Å². The zero-order chi connectivity index (χ0) is 15.8. The quantitative estimate of drug-likeness (QED) is 0.454. The molecule has 7 heteroatoms. The van der Waals surface area contributed by atoms with E-state index < -0.39 is 0 Å². The van der Waals surface area contributed by atoms with Crippen molar-refractivity contribution in [2.75, 3.05) is 17.7 Å². The number of aromatic nitrogens is 2. The van der Waals surface area contributed by atoms with Crippen LogP contribution in [0, 0.1) is 6.92 Å². The summed E-state index contributed by atoms with van der Waals surface area (Å²) >= 11 is 2.89. The number of benzene rings is 1. The third-order valence-electron chi connectivity index (χ3n) is 2.60. The highest BCUT2D eigenvalue weighted by Crippen LogP contribution is 2.25. The minimum absolute atomic E-state index is 0.136. The molecule has 0 bridgehead atoms. The molecule has 0 unspecified atom stereocenters. The van der Waals surface area contributed by atoms with Gasteiger partial charge in [0, 0.05) is 5.75 Å². The van der Waals surface area contributed by atoms with Crippen molar-refractivity contribution >= 4 is 34.1 Å². The van der Waals surface area contributed by atoms with Gasteiger partial charge in [0.1, 0.15) is 5.75 Å². The third-order valence-corrected chi connectivity index (χ3v) is 4.56. The van der Waals surface area contributed by atoms with Crippen LogP contribution >= 0.6 is 23.1 Å². The van der Waals surface area contributed by atoms with Gasteiger partial charge < -0.3 is 10.1 Å². The Balaban J connectivity index is 1.72. The minimum atomic E-state index is -0.136. The fourth-order valence-corrected chi connectivity index (χ4v) is 3.06. The molecular formula is C15H17N3O2S2. The van der Waals surface area contributed by atoms with E-state index in [1.165, 1.54) is 28.7 Å². The Morgan fingerprint density at radius 3 is 2.91 bits per heavy atom. The van der Waals surface area contributed by atoms with Gasteiger partial charge in [0.25, 0.3) is 0 Å². The second-order valence-corrected chi connectivity index (χ2v) is 6.68. The Kier molecular flexibility index (Phi) is 6.42. The molecule has 0 aliphatic rings. The number of carbonyl (C=O) groups is 1. The van der Waals surface area contributed by atoms with E-state index >= 15 is 0 Å². The summed E-state index contributed by atoms with van der Waals surface area (Å²) in [5.41, 5.74) is 1.17. The van der Waals surface area contributed by atoms with Crippen LogP contribution in [0.3, 0.4) is 0 Å². The number of amides is 1. The van der Waals surface area contributed by atoms with Gasteiger partial charge in [-0.05, 0) is 19.1 Å². The van der Waals surface area contributed by atoms with Gasteiger partial charge in [0.15, 0.2) is 4.34 Å². The molecule has 0 fully saturated rings. The van der Waals surface area contributed by atoms with Crippen molar-refractivity contribution in [3.05, 3.63) is 42.5 Å². The molecular weight excluding hydrogens is 318 g/mol. The molecule has 1 heterocycles. The fourth-order valence-electron chi connectivity index (χ4n) is 1.53. The molecule has 0 atom stereocenters. The molecule has 0 saturated heterocycles. The van der Waals surface area contributed by atoms with E-state index in [-0.39, 0.29) is 12.3 Å². The maximum Gasteiger partial charge on any atom is 0.229 e. The summed E-state index contributed by atoms with van der Waals surface area (Å²) in [6, 6.07) is 7.72. The number of aryl methyl sites for hydroxylation is 1. The summed E-state index contributed by atoms with van der Waals surface area (Å²) in [6.45, 7) is 5.99. The number of anilines is 1. The van der Waals surface area contributed by atoms with Crippen molar-refractivity contribution in [1.29, 1.82) is 0 Å². The van der Waals surface area contributed by atoms with E-state index in [0.29, 0.717) is 11.7 Å². The molecule has 1 aromatic carbocycles. The normalized spacial score (nSPS) is 10.2. The zero-order valence-corrected chi connectivity index (χ0v) is 13.9. The van der Waals surface area contributed by atoms with E-state index in [1.54, 1.807) is 6.08 Å². The van der Waals surface area contributed by atoms with Crippen molar-refractivity contribution in [3.63, 3.8) is 0 Å². The first kappa shape index (κ1) is 16.5. The fraction of sp³-hybridized carbons (Fsp3) is 0.267. The van der Waals surface area contributed by atoms with Crippen LogP contribution in [-0.4, -0.2) is 28.5 Å². The first-order valence-electron chi connectivity index (χ1n) is 6.74. The van der Waals surface area contributed by atoms with Crippen LogP contribution in [0.25, 0.3) is 0 Å². The molecule has 0 aliphatic carbocycles. The first-order chi connectivity index (χ1) is 10.7. The molecule has 116 valence electrons. The lowest BCUT2D eigenvalue weighted by molar-refractivity contribution is -0.116. The van der Waals surface area contributed by atoms with Crippen molar-refractivity contribution in [1.82, 2.24) is 10.2 Å². The van der Waals surface area contributed by atoms with Gasteiger partial charge in [-0.1, -0.05) is 46.9 Å². The average molecular weight is 335 g/mol. The average Bonchev–Trinajstić information content (AvgIpc) is 2.94. The lowest BCUT2D eigenvalue weighted by Crippen LogP contribution is -2.15. The van der Waals surface area contributed by atoms with Crippen LogP contribution in [0.1, 0.15) is 12.0 Å². The molecule has 0 aliphatic heterocycles. The van der Waals surface area contributed by atoms with Gasteiger partial charge >= 0.3 is 0 Å². The topological polar surface area (TPSA) is 64.1 Å². The highest BCUT2D eigenvalue weighted by molar-refractivity contribution is 8.01. The van der Waals surface area contributed by atoms with Gasteiger partial charge in [-0.2, -0.15) is 0 Å². The smallest absolute Gasteiger partial charge is 0.229 e. The largest absolute Gasteiger partial charge is 0.493 e. The summed E-state index contributed by atoms with van der Waals surface area (Å²) in [6.07, 6.45) is 2.06. The van der Waals surface area contributed by atoms with Crippen molar-refractivity contribution in [2.24, 2.45) is 0 Å². The Morgan fingerprint density at radius 1 is 1.41 bits per heavy atom. The molecule has 5 nitrogen and oxygen atoms in total. The van der Waals surface area contributed by atoms with Crippen LogP contribution in [0.4, 0.5) is 5.13 Å². The zero-order valence-electron chi connectivity index (χ0n) is 12.2. The van der Waals surface area contributed by atoms with Gasteiger partial charge in [-0.3, -0.25) is 4.79 Å². The lowest BCUT2D eigenvalue weighted by atomic mass is 10.2. The number of nitrogens with one attached hydrogen (secondary N) is 1. The maximum absolute atomic E-state index is 11.8. The van der Waals surface area contributed by atoms with Crippen LogP contribution in [0.5, 0.6) is 5.75 Å².